The molecule has 2 amide bonds. The highest BCUT2D eigenvalue weighted by atomic mass is 16.6. The van der Waals surface area contributed by atoms with E-state index in [-0.39, 0.29) is 18.1 Å². The lowest BCUT2D eigenvalue weighted by Crippen LogP contribution is -2.52. The Hall–Kier alpha value is -2.08. The Morgan fingerprint density at radius 1 is 1.14 bits per heavy atom. The van der Waals surface area contributed by atoms with Gasteiger partial charge in [0.05, 0.1) is 12.0 Å². The molecule has 6 heteroatoms. The Morgan fingerprint density at radius 2 is 1.83 bits per heavy atom. The highest BCUT2D eigenvalue weighted by Gasteiger charge is 2.46. The van der Waals surface area contributed by atoms with E-state index in [0.29, 0.717) is 45.6 Å². The standard InChI is InChI=1S/C23H32N2O4/c1-28-15-14-25-17-19-7-3-2-6-18(19)16-23(21(25)26)10-12-24(13-11-23)22(27)29-20-8-4-5-9-20/h2-3,6-7,20H,4-5,8-17H2,1H3. The van der Waals surface area contributed by atoms with Gasteiger partial charge in [-0.15, -0.1) is 0 Å². The summed E-state index contributed by atoms with van der Waals surface area (Å²) in [5.41, 5.74) is 2.03. The SMILES string of the molecule is COCCN1Cc2ccccc2CC2(CCN(C(=O)OC3CCCC3)CC2)C1=O. The molecule has 1 aliphatic carbocycles. The molecule has 4 rings (SSSR count). The number of fused-ring (bicyclic) bond motifs is 1. The van der Waals surface area contributed by atoms with E-state index in [1.165, 1.54) is 11.1 Å². The van der Waals surface area contributed by atoms with E-state index in [1.54, 1.807) is 12.0 Å². The lowest BCUT2D eigenvalue weighted by atomic mass is 9.73. The van der Waals surface area contributed by atoms with Crippen molar-refractivity contribution in [3.8, 4) is 0 Å². The number of rotatable bonds is 4. The number of amides is 2. The summed E-state index contributed by atoms with van der Waals surface area (Å²) in [6.07, 6.45) is 6.24. The first-order chi connectivity index (χ1) is 14.1. The number of ether oxygens (including phenoxy) is 2. The molecule has 0 N–H and O–H groups in total. The Kier molecular flexibility index (Phi) is 6.09. The molecule has 1 aromatic rings. The Balaban J connectivity index is 1.48. The smallest absolute Gasteiger partial charge is 0.410 e. The molecular formula is C23H32N2O4. The molecule has 2 fully saturated rings. The fraction of sp³-hybridized carbons (Fsp3) is 0.652. The van der Waals surface area contributed by atoms with Crippen molar-refractivity contribution in [2.45, 2.75) is 57.6 Å². The van der Waals surface area contributed by atoms with Crippen molar-refractivity contribution in [2.75, 3.05) is 33.4 Å². The Labute approximate surface area is 173 Å². The van der Waals surface area contributed by atoms with Crippen LogP contribution in [0, 0.1) is 5.41 Å². The third-order valence-corrected chi connectivity index (χ3v) is 6.86. The summed E-state index contributed by atoms with van der Waals surface area (Å²) in [6, 6.07) is 8.35. The molecular weight excluding hydrogens is 368 g/mol. The second-order valence-electron chi connectivity index (χ2n) is 8.72. The maximum atomic E-state index is 13.6. The molecule has 1 spiro atoms. The van der Waals surface area contributed by atoms with E-state index in [9.17, 15) is 9.59 Å². The number of hydrogen-bond donors (Lipinski definition) is 0. The van der Waals surface area contributed by atoms with Gasteiger partial charge >= 0.3 is 6.09 Å². The van der Waals surface area contributed by atoms with Crippen LogP contribution in [0.4, 0.5) is 4.79 Å². The van der Waals surface area contributed by atoms with E-state index in [1.807, 2.05) is 11.0 Å². The zero-order valence-corrected chi connectivity index (χ0v) is 17.4. The van der Waals surface area contributed by atoms with Crippen LogP contribution in [0.25, 0.3) is 0 Å². The average molecular weight is 401 g/mol. The third kappa shape index (κ3) is 4.27. The van der Waals surface area contributed by atoms with Gasteiger partial charge in [-0.25, -0.2) is 4.79 Å². The van der Waals surface area contributed by atoms with Crippen LogP contribution in [0.15, 0.2) is 24.3 Å². The van der Waals surface area contributed by atoms with Gasteiger partial charge in [-0.2, -0.15) is 0 Å². The first-order valence-electron chi connectivity index (χ1n) is 10.9. The fourth-order valence-corrected chi connectivity index (χ4v) is 5.05. The lowest BCUT2D eigenvalue weighted by molar-refractivity contribution is -0.145. The van der Waals surface area contributed by atoms with Crippen LogP contribution >= 0.6 is 0 Å². The van der Waals surface area contributed by atoms with Crippen molar-refractivity contribution < 1.29 is 19.1 Å². The normalized spacial score (nSPS) is 21.9. The van der Waals surface area contributed by atoms with Gasteiger partial charge in [0, 0.05) is 33.3 Å². The predicted molar refractivity (Wildman–Crippen MR) is 109 cm³/mol. The van der Waals surface area contributed by atoms with Crippen LogP contribution in [0.2, 0.25) is 0 Å². The van der Waals surface area contributed by atoms with E-state index in [0.717, 1.165) is 32.1 Å². The molecule has 6 nitrogen and oxygen atoms in total. The number of nitrogens with zero attached hydrogens (tertiary/aromatic N) is 2. The first-order valence-corrected chi connectivity index (χ1v) is 10.9. The van der Waals surface area contributed by atoms with Gasteiger partial charge in [-0.05, 0) is 56.1 Å². The maximum Gasteiger partial charge on any atom is 0.410 e. The van der Waals surface area contributed by atoms with E-state index in [4.69, 9.17) is 9.47 Å². The summed E-state index contributed by atoms with van der Waals surface area (Å²) >= 11 is 0. The molecule has 0 radical (unpaired) electrons. The van der Waals surface area contributed by atoms with Crippen LogP contribution in [-0.4, -0.2) is 61.3 Å². The molecule has 3 aliphatic rings. The summed E-state index contributed by atoms with van der Waals surface area (Å²) in [7, 11) is 1.67. The monoisotopic (exact) mass is 400 g/mol. The molecule has 1 aromatic carbocycles. The van der Waals surface area contributed by atoms with Gasteiger partial charge in [0.25, 0.3) is 0 Å². The summed E-state index contributed by atoms with van der Waals surface area (Å²) < 4.78 is 10.9. The lowest BCUT2D eigenvalue weighted by Gasteiger charge is -2.41. The molecule has 0 bridgehead atoms. The topological polar surface area (TPSA) is 59.1 Å². The minimum Gasteiger partial charge on any atom is -0.446 e. The average Bonchev–Trinajstić information content (AvgIpc) is 3.21. The van der Waals surface area contributed by atoms with Crippen molar-refractivity contribution in [3.05, 3.63) is 35.4 Å². The van der Waals surface area contributed by atoms with Crippen molar-refractivity contribution in [1.82, 2.24) is 9.80 Å². The Bertz CT molecular complexity index is 736. The number of methoxy groups -OCH3 is 1. The van der Waals surface area contributed by atoms with Gasteiger partial charge in [-0.3, -0.25) is 4.79 Å². The number of benzene rings is 1. The third-order valence-electron chi connectivity index (χ3n) is 6.86. The van der Waals surface area contributed by atoms with Crippen LogP contribution in [0.3, 0.4) is 0 Å². The van der Waals surface area contributed by atoms with Crippen LogP contribution in [0.1, 0.15) is 49.7 Å². The minimum absolute atomic E-state index is 0.0781. The van der Waals surface area contributed by atoms with Gasteiger partial charge in [0.2, 0.25) is 5.91 Å². The summed E-state index contributed by atoms with van der Waals surface area (Å²) in [5, 5.41) is 0. The molecule has 0 unspecified atom stereocenters. The molecule has 1 saturated heterocycles. The molecule has 2 aliphatic heterocycles. The summed E-state index contributed by atoms with van der Waals surface area (Å²) in [5.74, 6) is 0.203. The second-order valence-corrected chi connectivity index (χ2v) is 8.72. The molecule has 0 aromatic heterocycles. The highest BCUT2D eigenvalue weighted by molar-refractivity contribution is 5.84. The van der Waals surface area contributed by atoms with Crippen LogP contribution in [0.5, 0.6) is 0 Å². The van der Waals surface area contributed by atoms with Crippen molar-refractivity contribution >= 4 is 12.0 Å². The fourth-order valence-electron chi connectivity index (χ4n) is 5.05. The zero-order valence-electron chi connectivity index (χ0n) is 17.4. The highest BCUT2D eigenvalue weighted by Crippen LogP contribution is 2.40. The largest absolute Gasteiger partial charge is 0.446 e. The number of hydrogen-bond acceptors (Lipinski definition) is 4. The molecule has 158 valence electrons. The summed E-state index contributed by atoms with van der Waals surface area (Å²) in [4.78, 5) is 29.9. The van der Waals surface area contributed by atoms with Crippen LogP contribution in [-0.2, 0) is 27.2 Å². The number of likely N-dealkylation sites (tertiary alicyclic amines) is 1. The quantitative estimate of drug-likeness (QED) is 0.777. The van der Waals surface area contributed by atoms with Crippen molar-refractivity contribution in [1.29, 1.82) is 0 Å². The van der Waals surface area contributed by atoms with Crippen LogP contribution < -0.4 is 0 Å². The van der Waals surface area contributed by atoms with Crippen molar-refractivity contribution in [3.63, 3.8) is 0 Å². The van der Waals surface area contributed by atoms with Gasteiger partial charge in [0.1, 0.15) is 6.10 Å². The molecule has 2 heterocycles. The van der Waals surface area contributed by atoms with E-state index in [2.05, 4.69) is 18.2 Å². The maximum absolute atomic E-state index is 13.6. The number of piperidine rings is 1. The van der Waals surface area contributed by atoms with Gasteiger partial charge < -0.3 is 19.3 Å². The summed E-state index contributed by atoms with van der Waals surface area (Å²) in [6.45, 7) is 2.92. The zero-order chi connectivity index (χ0) is 20.3. The van der Waals surface area contributed by atoms with E-state index >= 15 is 0 Å². The minimum atomic E-state index is -0.440. The number of carbonyl (C=O) groups excluding carboxylic acids is 2. The van der Waals surface area contributed by atoms with E-state index < -0.39 is 5.41 Å². The molecule has 29 heavy (non-hydrogen) atoms. The first kappa shape index (κ1) is 20.2. The van der Waals surface area contributed by atoms with Gasteiger partial charge in [0.15, 0.2) is 0 Å². The second kappa shape index (κ2) is 8.74. The predicted octanol–water partition coefficient (Wildman–Crippen LogP) is 3.38. The Morgan fingerprint density at radius 3 is 2.52 bits per heavy atom. The molecule has 1 saturated carbocycles. The number of carbonyl (C=O) groups is 2. The van der Waals surface area contributed by atoms with Gasteiger partial charge in [-0.1, -0.05) is 24.3 Å². The van der Waals surface area contributed by atoms with Crippen molar-refractivity contribution in [2.24, 2.45) is 5.41 Å². The molecule has 0 atom stereocenters.